The minimum atomic E-state index is -0.541. The molecule has 0 fully saturated rings. The Hall–Kier alpha value is -0.910. The van der Waals surface area contributed by atoms with Crippen molar-refractivity contribution in [3.63, 3.8) is 0 Å². The van der Waals surface area contributed by atoms with Crippen molar-refractivity contribution < 1.29 is 14.6 Å². The van der Waals surface area contributed by atoms with E-state index in [0.717, 1.165) is 12.0 Å². The summed E-state index contributed by atoms with van der Waals surface area (Å²) in [7, 11) is 0. The number of aliphatic hydroxyl groups excluding tert-OH is 1. The summed E-state index contributed by atoms with van der Waals surface area (Å²) in [6.45, 7) is 6.80. The molecule has 0 aliphatic heterocycles. The number of hydrogen-bond donors (Lipinski definition) is 2. The van der Waals surface area contributed by atoms with E-state index in [1.165, 1.54) is 0 Å². The normalized spacial score (nSPS) is 12.3. The van der Waals surface area contributed by atoms with Crippen LogP contribution < -0.4 is 5.32 Å². The molecule has 4 nitrogen and oxygen atoms in total. The number of ether oxygens (including phenoxy) is 2. The van der Waals surface area contributed by atoms with E-state index in [1.54, 1.807) is 0 Å². The number of nitrogens with one attached hydrogen (secondary N) is 1. The lowest BCUT2D eigenvalue weighted by molar-refractivity contribution is 0.0278. The first-order valence-corrected chi connectivity index (χ1v) is 7.50. The van der Waals surface area contributed by atoms with Crippen LogP contribution in [0.3, 0.4) is 0 Å². The number of hydrogen-bond acceptors (Lipinski definition) is 4. The highest BCUT2D eigenvalue weighted by molar-refractivity contribution is 6.31. The Bertz CT molecular complexity index is 401. The fourth-order valence-electron chi connectivity index (χ4n) is 1.66. The number of halogens is 1. The zero-order valence-electron chi connectivity index (χ0n) is 12.3. The Kier molecular flexibility index (Phi) is 10.1. The van der Waals surface area contributed by atoms with Crippen LogP contribution in [0.15, 0.2) is 36.9 Å². The van der Waals surface area contributed by atoms with Gasteiger partial charge in [0.05, 0.1) is 32.5 Å². The minimum Gasteiger partial charge on any atom is -0.389 e. The minimum absolute atomic E-state index is 0.273. The van der Waals surface area contributed by atoms with Crippen molar-refractivity contribution in [1.29, 1.82) is 0 Å². The van der Waals surface area contributed by atoms with Crippen LogP contribution >= 0.6 is 11.6 Å². The van der Waals surface area contributed by atoms with Crippen LogP contribution in [-0.2, 0) is 16.1 Å². The van der Waals surface area contributed by atoms with Crippen molar-refractivity contribution in [2.24, 2.45) is 0 Å². The molecule has 1 aromatic carbocycles. The molecule has 0 aliphatic carbocycles. The zero-order valence-corrected chi connectivity index (χ0v) is 13.0. The number of aliphatic hydroxyl groups is 1. The maximum absolute atomic E-state index is 9.76. The first-order chi connectivity index (χ1) is 10.2. The van der Waals surface area contributed by atoms with Gasteiger partial charge in [0.2, 0.25) is 0 Å². The topological polar surface area (TPSA) is 50.7 Å². The summed E-state index contributed by atoms with van der Waals surface area (Å²) in [5.41, 5.74) is 0.926. The highest BCUT2D eigenvalue weighted by atomic mass is 35.5. The third-order valence-electron chi connectivity index (χ3n) is 2.80. The Balaban J connectivity index is 2.00. The molecule has 0 aromatic heterocycles. The molecule has 0 aliphatic rings. The van der Waals surface area contributed by atoms with E-state index in [-0.39, 0.29) is 6.61 Å². The third-order valence-corrected chi connectivity index (χ3v) is 3.16. The van der Waals surface area contributed by atoms with Gasteiger partial charge in [0, 0.05) is 18.1 Å². The second kappa shape index (κ2) is 11.7. The largest absolute Gasteiger partial charge is 0.389 e. The quantitative estimate of drug-likeness (QED) is 0.459. The predicted molar refractivity (Wildman–Crippen MR) is 85.6 cm³/mol. The Labute approximate surface area is 131 Å². The van der Waals surface area contributed by atoms with Gasteiger partial charge in [-0.25, -0.2) is 0 Å². The monoisotopic (exact) mass is 313 g/mol. The van der Waals surface area contributed by atoms with Gasteiger partial charge in [-0.1, -0.05) is 35.9 Å². The van der Waals surface area contributed by atoms with Gasteiger partial charge < -0.3 is 19.9 Å². The Morgan fingerprint density at radius 1 is 1.29 bits per heavy atom. The van der Waals surface area contributed by atoms with Gasteiger partial charge in [-0.05, 0) is 18.1 Å². The molecule has 0 saturated heterocycles. The molecule has 0 amide bonds. The molecule has 1 rings (SSSR count). The van der Waals surface area contributed by atoms with Crippen molar-refractivity contribution in [2.75, 3.05) is 32.9 Å². The van der Waals surface area contributed by atoms with Crippen molar-refractivity contribution in [3.05, 3.63) is 47.5 Å². The second-order valence-corrected chi connectivity index (χ2v) is 5.06. The summed E-state index contributed by atoms with van der Waals surface area (Å²) in [5, 5.41) is 13.6. The van der Waals surface area contributed by atoms with Crippen molar-refractivity contribution in [1.82, 2.24) is 5.32 Å². The molecule has 21 heavy (non-hydrogen) atoms. The second-order valence-electron chi connectivity index (χ2n) is 4.65. The molecule has 5 heteroatoms. The van der Waals surface area contributed by atoms with Crippen LogP contribution in [0.1, 0.15) is 12.0 Å². The molecule has 1 unspecified atom stereocenters. The SMILES string of the molecule is C=CCCOCCNCC(O)COCc1ccccc1Cl. The smallest absolute Gasteiger partial charge is 0.0897 e. The van der Waals surface area contributed by atoms with Crippen molar-refractivity contribution in [3.8, 4) is 0 Å². The molecule has 0 radical (unpaired) electrons. The molecule has 1 atom stereocenters. The van der Waals surface area contributed by atoms with E-state index in [4.69, 9.17) is 21.1 Å². The molecule has 118 valence electrons. The lowest BCUT2D eigenvalue weighted by Gasteiger charge is -2.13. The third kappa shape index (κ3) is 8.86. The molecule has 0 heterocycles. The van der Waals surface area contributed by atoms with E-state index >= 15 is 0 Å². The summed E-state index contributed by atoms with van der Waals surface area (Å²) in [6, 6.07) is 7.52. The van der Waals surface area contributed by atoms with Crippen molar-refractivity contribution >= 4 is 11.6 Å². The van der Waals surface area contributed by atoms with Gasteiger partial charge in [0.1, 0.15) is 0 Å². The Morgan fingerprint density at radius 2 is 2.10 bits per heavy atom. The summed E-state index contributed by atoms with van der Waals surface area (Å²) in [5.74, 6) is 0. The number of rotatable bonds is 12. The molecule has 0 spiro atoms. The number of benzene rings is 1. The van der Waals surface area contributed by atoms with Crippen LogP contribution in [0, 0.1) is 0 Å². The van der Waals surface area contributed by atoms with Gasteiger partial charge in [-0.3, -0.25) is 0 Å². The first kappa shape index (κ1) is 18.1. The molecular weight excluding hydrogens is 290 g/mol. The molecule has 0 saturated carbocycles. The maximum atomic E-state index is 9.76. The van der Waals surface area contributed by atoms with Gasteiger partial charge in [-0.2, -0.15) is 0 Å². The van der Waals surface area contributed by atoms with E-state index < -0.39 is 6.10 Å². The van der Waals surface area contributed by atoms with Crippen LogP contribution in [0.5, 0.6) is 0 Å². The van der Waals surface area contributed by atoms with Crippen molar-refractivity contribution in [2.45, 2.75) is 19.1 Å². The van der Waals surface area contributed by atoms with E-state index in [2.05, 4.69) is 11.9 Å². The predicted octanol–water partition coefficient (Wildman–Crippen LogP) is 2.40. The summed E-state index contributed by atoms with van der Waals surface area (Å²) < 4.78 is 10.8. The van der Waals surface area contributed by atoms with Gasteiger partial charge in [-0.15, -0.1) is 6.58 Å². The lowest BCUT2D eigenvalue weighted by Crippen LogP contribution is -2.32. The van der Waals surface area contributed by atoms with Crippen LogP contribution in [0.4, 0.5) is 0 Å². The zero-order chi connectivity index (χ0) is 15.3. The van der Waals surface area contributed by atoms with Gasteiger partial charge in [0.15, 0.2) is 0 Å². The summed E-state index contributed by atoms with van der Waals surface area (Å²) in [4.78, 5) is 0. The van der Waals surface area contributed by atoms with Crippen LogP contribution in [0.25, 0.3) is 0 Å². The van der Waals surface area contributed by atoms with Crippen LogP contribution in [0.2, 0.25) is 5.02 Å². The molecule has 1 aromatic rings. The average molecular weight is 314 g/mol. The average Bonchev–Trinajstić information content (AvgIpc) is 2.48. The van der Waals surface area contributed by atoms with E-state index in [1.807, 2.05) is 30.3 Å². The van der Waals surface area contributed by atoms with Gasteiger partial charge in [0.25, 0.3) is 0 Å². The summed E-state index contributed by atoms with van der Waals surface area (Å²) in [6.07, 6.45) is 2.15. The molecule has 2 N–H and O–H groups in total. The first-order valence-electron chi connectivity index (χ1n) is 7.12. The molecule has 0 bridgehead atoms. The highest BCUT2D eigenvalue weighted by Crippen LogP contribution is 2.15. The fourth-order valence-corrected chi connectivity index (χ4v) is 1.85. The standard InChI is InChI=1S/C16H24ClNO3/c1-2-3-9-20-10-8-18-11-15(19)13-21-12-14-6-4-5-7-16(14)17/h2,4-7,15,18-19H,1,3,8-13H2. The van der Waals surface area contributed by atoms with E-state index in [9.17, 15) is 5.11 Å². The lowest BCUT2D eigenvalue weighted by atomic mass is 10.2. The molecular formula is C16H24ClNO3. The fraction of sp³-hybridized carbons (Fsp3) is 0.500. The summed E-state index contributed by atoms with van der Waals surface area (Å²) >= 11 is 6.02. The highest BCUT2D eigenvalue weighted by Gasteiger charge is 2.05. The Morgan fingerprint density at radius 3 is 2.86 bits per heavy atom. The van der Waals surface area contributed by atoms with Gasteiger partial charge >= 0.3 is 0 Å². The van der Waals surface area contributed by atoms with E-state index in [0.29, 0.717) is 37.9 Å². The maximum Gasteiger partial charge on any atom is 0.0897 e. The van der Waals surface area contributed by atoms with Crippen LogP contribution in [-0.4, -0.2) is 44.1 Å².